The van der Waals surface area contributed by atoms with E-state index in [4.69, 9.17) is 0 Å². The quantitative estimate of drug-likeness (QED) is 0.786. The fourth-order valence-electron chi connectivity index (χ4n) is 3.39. The molecular formula is C17H26N4O. The number of hydrogen-bond donors (Lipinski definition) is 3. The van der Waals surface area contributed by atoms with Crippen LogP contribution in [0.3, 0.4) is 0 Å². The second-order valence-electron chi connectivity index (χ2n) is 6.68. The van der Waals surface area contributed by atoms with Gasteiger partial charge in [-0.05, 0) is 36.6 Å². The zero-order valence-electron chi connectivity index (χ0n) is 13.6. The molecule has 2 saturated heterocycles. The zero-order valence-corrected chi connectivity index (χ0v) is 13.6. The molecule has 1 aromatic carbocycles. The van der Waals surface area contributed by atoms with Gasteiger partial charge in [0.2, 0.25) is 5.91 Å². The van der Waals surface area contributed by atoms with E-state index in [1.54, 1.807) is 4.90 Å². The minimum atomic E-state index is -0.162. The van der Waals surface area contributed by atoms with Gasteiger partial charge < -0.3 is 10.2 Å². The Balaban J connectivity index is 1.75. The Hall–Kier alpha value is -1.43. The van der Waals surface area contributed by atoms with Gasteiger partial charge in [0.1, 0.15) is 6.04 Å². The third-order valence-corrected chi connectivity index (χ3v) is 4.90. The highest BCUT2D eigenvalue weighted by Gasteiger charge is 2.42. The van der Waals surface area contributed by atoms with E-state index in [1.165, 1.54) is 5.56 Å². The van der Waals surface area contributed by atoms with E-state index in [-0.39, 0.29) is 11.9 Å². The van der Waals surface area contributed by atoms with Crippen LogP contribution in [0.25, 0.3) is 0 Å². The standard InChI is InChI=1S/C17H26N4O/c1-11(2)12-5-4-6-13(9-12)21(3)17(22)16-14-10-18-8-7-15(14)19-20-16/h4-6,9,11,14-16,18-20H,7-8,10H2,1-3H3. The van der Waals surface area contributed by atoms with Gasteiger partial charge in [0.05, 0.1) is 0 Å². The zero-order chi connectivity index (χ0) is 15.7. The first-order valence-corrected chi connectivity index (χ1v) is 8.17. The van der Waals surface area contributed by atoms with E-state index in [0.29, 0.717) is 17.9 Å². The number of rotatable bonds is 3. The lowest BCUT2D eigenvalue weighted by Gasteiger charge is -2.29. The number of nitrogens with zero attached hydrogens (tertiary/aromatic N) is 1. The van der Waals surface area contributed by atoms with Crippen molar-refractivity contribution < 1.29 is 4.79 Å². The maximum absolute atomic E-state index is 12.9. The van der Waals surface area contributed by atoms with E-state index in [9.17, 15) is 4.79 Å². The van der Waals surface area contributed by atoms with Crippen molar-refractivity contribution in [1.82, 2.24) is 16.2 Å². The molecular weight excluding hydrogens is 276 g/mol. The highest BCUT2D eigenvalue weighted by molar-refractivity contribution is 5.97. The summed E-state index contributed by atoms with van der Waals surface area (Å²) in [6.07, 6.45) is 1.06. The van der Waals surface area contributed by atoms with Gasteiger partial charge in [0.25, 0.3) is 0 Å². The Labute approximate surface area is 132 Å². The van der Waals surface area contributed by atoms with Gasteiger partial charge in [0.15, 0.2) is 0 Å². The molecule has 1 amide bonds. The van der Waals surface area contributed by atoms with Gasteiger partial charge in [-0.2, -0.15) is 0 Å². The molecule has 0 bridgehead atoms. The minimum Gasteiger partial charge on any atom is -0.316 e. The van der Waals surface area contributed by atoms with Gasteiger partial charge in [-0.15, -0.1) is 0 Å². The molecule has 2 aliphatic rings. The molecule has 5 nitrogen and oxygen atoms in total. The molecule has 120 valence electrons. The predicted molar refractivity (Wildman–Crippen MR) is 88.8 cm³/mol. The largest absolute Gasteiger partial charge is 0.316 e. The van der Waals surface area contributed by atoms with Crippen LogP contribution in [0.4, 0.5) is 5.69 Å². The number of hydrazine groups is 1. The molecule has 3 atom stereocenters. The summed E-state index contributed by atoms with van der Waals surface area (Å²) in [4.78, 5) is 14.7. The van der Waals surface area contributed by atoms with Crippen LogP contribution in [-0.2, 0) is 4.79 Å². The average Bonchev–Trinajstić information content (AvgIpc) is 2.97. The molecule has 0 saturated carbocycles. The lowest BCUT2D eigenvalue weighted by Crippen LogP contribution is -2.49. The molecule has 2 aliphatic heterocycles. The van der Waals surface area contributed by atoms with E-state index < -0.39 is 0 Å². The van der Waals surface area contributed by atoms with Crippen molar-refractivity contribution in [2.24, 2.45) is 5.92 Å². The second-order valence-corrected chi connectivity index (χ2v) is 6.68. The first kappa shape index (κ1) is 15.5. The molecule has 3 N–H and O–H groups in total. The fourth-order valence-corrected chi connectivity index (χ4v) is 3.39. The van der Waals surface area contributed by atoms with E-state index in [2.05, 4.69) is 42.1 Å². The summed E-state index contributed by atoms with van der Waals surface area (Å²) in [6.45, 7) is 6.24. The lowest BCUT2D eigenvalue weighted by molar-refractivity contribution is -0.121. The summed E-state index contributed by atoms with van der Waals surface area (Å²) in [5.41, 5.74) is 8.71. The van der Waals surface area contributed by atoms with Gasteiger partial charge in [-0.25, -0.2) is 5.43 Å². The van der Waals surface area contributed by atoms with Crippen LogP contribution in [0, 0.1) is 5.92 Å². The third-order valence-electron chi connectivity index (χ3n) is 4.90. The Morgan fingerprint density at radius 2 is 2.14 bits per heavy atom. The molecule has 0 spiro atoms. The van der Waals surface area contributed by atoms with Gasteiger partial charge in [-0.3, -0.25) is 10.2 Å². The number of anilines is 1. The molecule has 0 radical (unpaired) electrons. The van der Waals surface area contributed by atoms with Crippen molar-refractivity contribution in [3.05, 3.63) is 29.8 Å². The highest BCUT2D eigenvalue weighted by atomic mass is 16.2. The van der Waals surface area contributed by atoms with Crippen molar-refractivity contribution >= 4 is 11.6 Å². The summed E-state index contributed by atoms with van der Waals surface area (Å²) < 4.78 is 0. The number of nitrogens with one attached hydrogen (secondary N) is 3. The highest BCUT2D eigenvalue weighted by Crippen LogP contribution is 2.25. The van der Waals surface area contributed by atoms with Crippen molar-refractivity contribution in [2.75, 3.05) is 25.0 Å². The first-order valence-electron chi connectivity index (χ1n) is 8.17. The van der Waals surface area contributed by atoms with Crippen LogP contribution < -0.4 is 21.1 Å². The van der Waals surface area contributed by atoms with E-state index in [0.717, 1.165) is 25.2 Å². The van der Waals surface area contributed by atoms with Crippen LogP contribution in [-0.4, -0.2) is 38.1 Å². The first-order chi connectivity index (χ1) is 10.6. The number of carbonyl (C=O) groups excluding carboxylic acids is 1. The molecule has 22 heavy (non-hydrogen) atoms. The van der Waals surface area contributed by atoms with Crippen LogP contribution in [0.15, 0.2) is 24.3 Å². The molecule has 3 rings (SSSR count). The molecule has 5 heteroatoms. The predicted octanol–water partition coefficient (Wildman–Crippen LogP) is 1.23. The Kier molecular flexibility index (Phi) is 4.47. The van der Waals surface area contributed by atoms with E-state index in [1.807, 2.05) is 19.2 Å². The summed E-state index contributed by atoms with van der Waals surface area (Å²) in [5.74, 6) is 0.906. The lowest BCUT2D eigenvalue weighted by atomic mass is 9.89. The van der Waals surface area contributed by atoms with Crippen molar-refractivity contribution in [1.29, 1.82) is 0 Å². The molecule has 2 heterocycles. The Bertz CT molecular complexity index is 545. The normalized spacial score (nSPS) is 27.7. The van der Waals surface area contributed by atoms with Gasteiger partial charge in [-0.1, -0.05) is 26.0 Å². The molecule has 0 aromatic heterocycles. The van der Waals surface area contributed by atoms with Crippen molar-refractivity contribution in [3.63, 3.8) is 0 Å². The number of fused-ring (bicyclic) bond motifs is 1. The van der Waals surface area contributed by atoms with Crippen molar-refractivity contribution in [2.45, 2.75) is 38.3 Å². The van der Waals surface area contributed by atoms with Gasteiger partial charge in [0, 0.05) is 31.2 Å². The topological polar surface area (TPSA) is 56.4 Å². The summed E-state index contributed by atoms with van der Waals surface area (Å²) in [6, 6.07) is 8.49. The SMILES string of the molecule is CC(C)c1cccc(N(C)C(=O)C2NNC3CCNCC32)c1. The molecule has 0 aliphatic carbocycles. The molecule has 2 fully saturated rings. The Morgan fingerprint density at radius 3 is 2.91 bits per heavy atom. The van der Waals surface area contributed by atoms with Gasteiger partial charge >= 0.3 is 0 Å². The third kappa shape index (κ3) is 2.89. The van der Waals surface area contributed by atoms with Crippen LogP contribution in [0.2, 0.25) is 0 Å². The Morgan fingerprint density at radius 1 is 1.32 bits per heavy atom. The minimum absolute atomic E-state index is 0.129. The maximum atomic E-state index is 12.9. The van der Waals surface area contributed by atoms with Crippen molar-refractivity contribution in [3.8, 4) is 0 Å². The fraction of sp³-hybridized carbons (Fsp3) is 0.588. The number of hydrogen-bond acceptors (Lipinski definition) is 4. The summed E-state index contributed by atoms with van der Waals surface area (Å²) in [5, 5.41) is 3.39. The molecule has 3 unspecified atom stereocenters. The number of amides is 1. The second kappa shape index (κ2) is 6.36. The molecule has 1 aromatic rings. The van der Waals surface area contributed by atoms with Crippen LogP contribution in [0.1, 0.15) is 31.7 Å². The number of piperidine rings is 1. The maximum Gasteiger partial charge on any atom is 0.245 e. The summed E-state index contributed by atoms with van der Waals surface area (Å²) >= 11 is 0. The monoisotopic (exact) mass is 302 g/mol. The smallest absolute Gasteiger partial charge is 0.245 e. The number of benzene rings is 1. The number of carbonyl (C=O) groups is 1. The van der Waals surface area contributed by atoms with E-state index >= 15 is 0 Å². The van der Waals surface area contributed by atoms with Crippen LogP contribution >= 0.6 is 0 Å². The average molecular weight is 302 g/mol. The van der Waals surface area contributed by atoms with Crippen LogP contribution in [0.5, 0.6) is 0 Å². The summed E-state index contributed by atoms with van der Waals surface area (Å²) in [7, 11) is 1.87. The number of likely N-dealkylation sites (N-methyl/N-ethyl adjacent to an activating group) is 1.